The molecule has 0 aliphatic carbocycles. The van der Waals surface area contributed by atoms with Crippen LogP contribution in [0, 0.1) is 0 Å². The monoisotopic (exact) mass is 234 g/mol. The third kappa shape index (κ3) is 5.23. The number of hydrogen-bond acceptors (Lipinski definition) is 4. The van der Waals surface area contributed by atoms with Gasteiger partial charge in [-0.2, -0.15) is 4.39 Å². The summed E-state index contributed by atoms with van der Waals surface area (Å²) >= 11 is 0. The predicted octanol–water partition coefficient (Wildman–Crippen LogP) is 1.82. The van der Waals surface area contributed by atoms with Gasteiger partial charge >= 0.3 is 11.9 Å². The minimum Gasteiger partial charge on any atom is -0.463 e. The molecule has 0 atom stereocenters. The van der Waals surface area contributed by atoms with E-state index in [9.17, 15) is 18.4 Å². The van der Waals surface area contributed by atoms with E-state index in [1.54, 1.807) is 6.92 Å². The van der Waals surface area contributed by atoms with Crippen molar-refractivity contribution in [1.29, 1.82) is 0 Å². The van der Waals surface area contributed by atoms with E-state index in [4.69, 9.17) is 0 Å². The van der Waals surface area contributed by atoms with Crippen molar-refractivity contribution in [2.45, 2.75) is 13.8 Å². The van der Waals surface area contributed by atoms with E-state index in [0.29, 0.717) is 12.2 Å². The van der Waals surface area contributed by atoms with Crippen LogP contribution < -0.4 is 0 Å². The van der Waals surface area contributed by atoms with Gasteiger partial charge in [-0.3, -0.25) is 0 Å². The van der Waals surface area contributed by atoms with E-state index in [1.165, 1.54) is 6.92 Å². The molecule has 0 amide bonds. The molecule has 4 nitrogen and oxygen atoms in total. The lowest BCUT2D eigenvalue weighted by Gasteiger charge is -1.98. The molecule has 0 N–H and O–H groups in total. The van der Waals surface area contributed by atoms with Crippen molar-refractivity contribution >= 4 is 11.9 Å². The van der Waals surface area contributed by atoms with Gasteiger partial charge in [-0.1, -0.05) is 0 Å². The number of allylic oxidation sites excluding steroid dienone is 2. The minimum absolute atomic E-state index is 0.0683. The summed E-state index contributed by atoms with van der Waals surface area (Å²) in [5.41, 5.74) is 0. The molecule has 0 saturated heterocycles. The van der Waals surface area contributed by atoms with E-state index in [0.717, 1.165) is 0 Å². The van der Waals surface area contributed by atoms with Gasteiger partial charge in [0.25, 0.3) is 0 Å². The zero-order valence-electron chi connectivity index (χ0n) is 8.96. The van der Waals surface area contributed by atoms with E-state index >= 15 is 0 Å². The van der Waals surface area contributed by atoms with Crippen LogP contribution in [0.5, 0.6) is 0 Å². The van der Waals surface area contributed by atoms with Crippen LogP contribution in [0.2, 0.25) is 0 Å². The third-order valence-electron chi connectivity index (χ3n) is 1.32. The molecule has 0 aliphatic rings. The minimum atomic E-state index is -1.68. The largest absolute Gasteiger partial charge is 0.463 e. The third-order valence-corrected chi connectivity index (χ3v) is 1.32. The predicted molar refractivity (Wildman–Crippen MR) is 51.6 cm³/mol. The molecule has 0 fully saturated rings. The Morgan fingerprint density at radius 1 is 1.06 bits per heavy atom. The molecule has 0 unspecified atom stereocenters. The molecule has 16 heavy (non-hydrogen) atoms. The summed E-state index contributed by atoms with van der Waals surface area (Å²) in [6, 6.07) is 0. The SMILES string of the molecule is CCOC(=O)/C=C\C(F)=C(\F)C(=O)OCC. The maximum Gasteiger partial charge on any atom is 0.370 e. The van der Waals surface area contributed by atoms with Crippen LogP contribution in [0.3, 0.4) is 0 Å². The van der Waals surface area contributed by atoms with Gasteiger partial charge in [0.2, 0.25) is 5.83 Å². The average Bonchev–Trinajstić information content (AvgIpc) is 2.25. The van der Waals surface area contributed by atoms with Gasteiger partial charge in [-0.05, 0) is 19.9 Å². The van der Waals surface area contributed by atoms with Crippen LogP contribution in [-0.2, 0) is 19.1 Å². The first-order valence-corrected chi connectivity index (χ1v) is 4.60. The van der Waals surface area contributed by atoms with Crippen molar-refractivity contribution in [1.82, 2.24) is 0 Å². The Hall–Kier alpha value is -1.72. The van der Waals surface area contributed by atoms with Crippen molar-refractivity contribution in [2.24, 2.45) is 0 Å². The first kappa shape index (κ1) is 14.3. The normalized spacial score (nSPS) is 12.2. The molecule has 0 spiro atoms. The summed E-state index contributed by atoms with van der Waals surface area (Å²) in [4.78, 5) is 21.4. The van der Waals surface area contributed by atoms with Crippen molar-refractivity contribution in [3.8, 4) is 0 Å². The molecule has 0 aromatic heterocycles. The van der Waals surface area contributed by atoms with Crippen molar-refractivity contribution in [3.63, 3.8) is 0 Å². The Bertz CT molecular complexity index is 321. The first-order chi connectivity index (χ1) is 7.52. The summed E-state index contributed by atoms with van der Waals surface area (Å²) < 4.78 is 34.4. The molecule has 0 heterocycles. The molecular formula is C10H12F2O4. The number of carbonyl (C=O) groups excluding carboxylic acids is 2. The van der Waals surface area contributed by atoms with Crippen LogP contribution in [-0.4, -0.2) is 25.2 Å². The highest BCUT2D eigenvalue weighted by molar-refractivity contribution is 5.88. The molecular weight excluding hydrogens is 222 g/mol. The second kappa shape index (κ2) is 7.56. The smallest absolute Gasteiger partial charge is 0.370 e. The maximum atomic E-state index is 12.9. The Balaban J connectivity index is 4.52. The van der Waals surface area contributed by atoms with E-state index in [-0.39, 0.29) is 13.2 Å². The molecule has 0 aliphatic heterocycles. The van der Waals surface area contributed by atoms with Gasteiger partial charge in [-0.25, -0.2) is 14.0 Å². The Morgan fingerprint density at radius 3 is 2.12 bits per heavy atom. The Labute approximate surface area is 91.5 Å². The van der Waals surface area contributed by atoms with Crippen LogP contribution in [0.15, 0.2) is 23.8 Å². The van der Waals surface area contributed by atoms with E-state index in [2.05, 4.69) is 9.47 Å². The average molecular weight is 234 g/mol. The van der Waals surface area contributed by atoms with E-state index in [1.807, 2.05) is 0 Å². The maximum absolute atomic E-state index is 12.9. The highest BCUT2D eigenvalue weighted by Crippen LogP contribution is 2.11. The van der Waals surface area contributed by atoms with E-state index < -0.39 is 23.6 Å². The molecule has 90 valence electrons. The van der Waals surface area contributed by atoms with Crippen LogP contribution in [0.1, 0.15) is 13.8 Å². The number of hydrogen-bond donors (Lipinski definition) is 0. The molecule has 0 aromatic rings. The van der Waals surface area contributed by atoms with Gasteiger partial charge in [0.1, 0.15) is 0 Å². The molecule has 0 aromatic carbocycles. The highest BCUT2D eigenvalue weighted by atomic mass is 19.2. The van der Waals surface area contributed by atoms with Gasteiger partial charge in [0.05, 0.1) is 13.2 Å². The van der Waals surface area contributed by atoms with Crippen molar-refractivity contribution < 1.29 is 27.8 Å². The fraction of sp³-hybridized carbons (Fsp3) is 0.400. The summed E-state index contributed by atoms with van der Waals surface area (Å²) in [5, 5.41) is 0. The van der Waals surface area contributed by atoms with Gasteiger partial charge in [-0.15, -0.1) is 0 Å². The molecule has 0 radical (unpaired) electrons. The molecule has 0 saturated carbocycles. The Morgan fingerprint density at radius 2 is 1.62 bits per heavy atom. The van der Waals surface area contributed by atoms with Crippen LogP contribution in [0.25, 0.3) is 0 Å². The lowest BCUT2D eigenvalue weighted by molar-refractivity contribution is -0.140. The number of carbonyl (C=O) groups is 2. The molecule has 0 rings (SSSR count). The zero-order chi connectivity index (χ0) is 12.6. The second-order valence-electron chi connectivity index (χ2n) is 2.47. The summed E-state index contributed by atoms with van der Waals surface area (Å²) in [6.45, 7) is 3.07. The second-order valence-corrected chi connectivity index (χ2v) is 2.47. The van der Waals surface area contributed by atoms with Crippen LogP contribution >= 0.6 is 0 Å². The van der Waals surface area contributed by atoms with Crippen LogP contribution in [0.4, 0.5) is 8.78 Å². The lowest BCUT2D eigenvalue weighted by atomic mass is 10.4. The number of ether oxygens (including phenoxy) is 2. The van der Waals surface area contributed by atoms with Crippen molar-refractivity contribution in [2.75, 3.05) is 13.2 Å². The highest BCUT2D eigenvalue weighted by Gasteiger charge is 2.15. The fourth-order valence-corrected chi connectivity index (χ4v) is 0.697. The summed E-state index contributed by atoms with van der Waals surface area (Å²) in [6.07, 6.45) is 1.18. The fourth-order valence-electron chi connectivity index (χ4n) is 0.697. The van der Waals surface area contributed by atoms with Crippen molar-refractivity contribution in [3.05, 3.63) is 23.8 Å². The quantitative estimate of drug-likeness (QED) is 0.413. The molecule has 0 bridgehead atoms. The van der Waals surface area contributed by atoms with Gasteiger partial charge < -0.3 is 9.47 Å². The topological polar surface area (TPSA) is 52.6 Å². The summed E-state index contributed by atoms with van der Waals surface area (Å²) in [7, 11) is 0. The van der Waals surface area contributed by atoms with Gasteiger partial charge in [0, 0.05) is 6.08 Å². The number of halogens is 2. The first-order valence-electron chi connectivity index (χ1n) is 4.60. The Kier molecular flexibility index (Phi) is 6.74. The van der Waals surface area contributed by atoms with Gasteiger partial charge in [0.15, 0.2) is 5.83 Å². The zero-order valence-corrected chi connectivity index (χ0v) is 8.96. The number of rotatable bonds is 5. The number of esters is 2. The molecule has 6 heteroatoms. The lowest BCUT2D eigenvalue weighted by Crippen LogP contribution is -2.05. The summed E-state index contributed by atoms with van der Waals surface area (Å²) in [5.74, 6) is -5.39. The standard InChI is InChI=1S/C10H12F2O4/c1-3-15-8(13)6-5-7(11)9(12)10(14)16-4-2/h5-6H,3-4H2,1-2H3/b6-5-,9-7-.